The second-order valence-electron chi connectivity index (χ2n) is 2.92. The molecule has 1 saturated heterocycles. The van der Waals surface area contributed by atoms with Crippen LogP contribution in [0, 0.1) is 0 Å². The number of benzene rings is 1. The van der Waals surface area contributed by atoms with Crippen LogP contribution in [0.15, 0.2) is 30.3 Å². The summed E-state index contributed by atoms with van der Waals surface area (Å²) in [4.78, 5) is 10.4. The number of hydrogen-bond acceptors (Lipinski definition) is 3. The molecule has 1 atom stereocenters. The molecule has 3 heteroatoms. The van der Waals surface area contributed by atoms with Gasteiger partial charge in [-0.15, -0.1) is 0 Å². The minimum absolute atomic E-state index is 0.182. The molecule has 0 N–H and O–H groups in total. The number of cyclic esters (lactones) is 1. The van der Waals surface area contributed by atoms with E-state index in [9.17, 15) is 4.79 Å². The van der Waals surface area contributed by atoms with E-state index in [2.05, 4.69) is 0 Å². The molecule has 13 heavy (non-hydrogen) atoms. The second-order valence-corrected chi connectivity index (χ2v) is 2.92. The molecule has 1 aromatic carbocycles. The van der Waals surface area contributed by atoms with Gasteiger partial charge in [-0.05, 0) is 5.56 Å². The van der Waals surface area contributed by atoms with Gasteiger partial charge in [0.05, 0.1) is 6.61 Å². The summed E-state index contributed by atoms with van der Waals surface area (Å²) in [6.45, 7) is 0.499. The molecular weight excluding hydrogens is 168 g/mol. The molecule has 3 nitrogen and oxygen atoms in total. The molecule has 2 rings (SSSR count). The SMILES string of the molecule is O=C1C[C@@H](OCc2ccccc2)O1. The van der Waals surface area contributed by atoms with Crippen LogP contribution in [-0.2, 0) is 20.9 Å². The largest absolute Gasteiger partial charge is 0.435 e. The molecule has 1 aliphatic rings. The minimum atomic E-state index is -0.326. The first kappa shape index (κ1) is 8.26. The van der Waals surface area contributed by atoms with E-state index in [1.807, 2.05) is 30.3 Å². The topological polar surface area (TPSA) is 35.5 Å². The molecule has 1 heterocycles. The normalized spacial score (nSPS) is 20.6. The highest BCUT2D eigenvalue weighted by Crippen LogP contribution is 2.16. The van der Waals surface area contributed by atoms with Crippen molar-refractivity contribution in [1.29, 1.82) is 0 Å². The lowest BCUT2D eigenvalue weighted by molar-refractivity contribution is -0.220. The third-order valence-electron chi connectivity index (χ3n) is 1.87. The fraction of sp³-hybridized carbons (Fsp3) is 0.300. The zero-order valence-corrected chi connectivity index (χ0v) is 7.10. The van der Waals surface area contributed by atoms with Crippen molar-refractivity contribution in [2.75, 3.05) is 0 Å². The van der Waals surface area contributed by atoms with E-state index in [0.717, 1.165) is 5.56 Å². The third kappa shape index (κ3) is 2.06. The fourth-order valence-electron chi connectivity index (χ4n) is 1.13. The summed E-state index contributed by atoms with van der Waals surface area (Å²) in [5, 5.41) is 0. The maximum Gasteiger partial charge on any atom is 0.314 e. The molecule has 1 aliphatic heterocycles. The van der Waals surface area contributed by atoms with E-state index in [-0.39, 0.29) is 12.3 Å². The summed E-state index contributed by atoms with van der Waals surface area (Å²) in [5.41, 5.74) is 1.09. The van der Waals surface area contributed by atoms with E-state index < -0.39 is 0 Å². The molecule has 1 fully saturated rings. The Kier molecular flexibility index (Phi) is 2.27. The lowest BCUT2D eigenvalue weighted by Crippen LogP contribution is -2.34. The standard InChI is InChI=1S/C10H10O3/c11-9-6-10(13-9)12-7-8-4-2-1-3-5-8/h1-5,10H,6-7H2/t10-/m0/s1. The van der Waals surface area contributed by atoms with Gasteiger partial charge in [-0.25, -0.2) is 0 Å². The highest BCUT2D eigenvalue weighted by molar-refractivity contribution is 5.74. The van der Waals surface area contributed by atoms with Crippen LogP contribution in [0.5, 0.6) is 0 Å². The van der Waals surface area contributed by atoms with Crippen molar-refractivity contribution in [3.63, 3.8) is 0 Å². The van der Waals surface area contributed by atoms with E-state index in [1.54, 1.807) is 0 Å². The van der Waals surface area contributed by atoms with Gasteiger partial charge < -0.3 is 9.47 Å². The van der Waals surface area contributed by atoms with Crippen molar-refractivity contribution in [2.24, 2.45) is 0 Å². The summed E-state index contributed by atoms with van der Waals surface area (Å²) in [6.07, 6.45) is 0.0556. The van der Waals surface area contributed by atoms with Gasteiger partial charge in [0.1, 0.15) is 6.42 Å². The van der Waals surface area contributed by atoms with Crippen molar-refractivity contribution in [1.82, 2.24) is 0 Å². The van der Waals surface area contributed by atoms with Gasteiger partial charge in [-0.1, -0.05) is 30.3 Å². The van der Waals surface area contributed by atoms with Gasteiger partial charge in [0.15, 0.2) is 0 Å². The second kappa shape index (κ2) is 3.58. The number of ether oxygens (including phenoxy) is 2. The summed E-state index contributed by atoms with van der Waals surface area (Å²) in [5.74, 6) is -0.182. The van der Waals surface area contributed by atoms with E-state index >= 15 is 0 Å². The lowest BCUT2D eigenvalue weighted by atomic mass is 10.2. The average molecular weight is 178 g/mol. The predicted octanol–water partition coefficient (Wildman–Crippen LogP) is 1.48. The molecule has 0 spiro atoms. The van der Waals surface area contributed by atoms with Crippen LogP contribution in [0.2, 0.25) is 0 Å². The Bertz CT molecular complexity index is 286. The lowest BCUT2D eigenvalue weighted by Gasteiger charge is -2.25. The number of carbonyl (C=O) groups excluding carboxylic acids is 1. The molecular formula is C10H10O3. The summed E-state index contributed by atoms with van der Waals surface area (Å²) in [6, 6.07) is 9.80. The highest BCUT2D eigenvalue weighted by atomic mass is 16.7. The third-order valence-corrected chi connectivity index (χ3v) is 1.87. The van der Waals surface area contributed by atoms with Gasteiger partial charge in [-0.3, -0.25) is 4.79 Å². The quantitative estimate of drug-likeness (QED) is 0.657. The molecule has 0 radical (unpaired) electrons. The number of esters is 1. The smallest absolute Gasteiger partial charge is 0.314 e. The predicted molar refractivity (Wildman–Crippen MR) is 45.7 cm³/mol. The first-order chi connectivity index (χ1) is 6.34. The van der Waals surface area contributed by atoms with E-state index in [1.165, 1.54) is 0 Å². The molecule has 0 aliphatic carbocycles. The van der Waals surface area contributed by atoms with Crippen LogP contribution in [0.4, 0.5) is 0 Å². The average Bonchev–Trinajstić information content (AvgIpc) is 2.12. The Morgan fingerprint density at radius 3 is 2.69 bits per heavy atom. The Morgan fingerprint density at radius 1 is 1.38 bits per heavy atom. The molecule has 0 bridgehead atoms. The van der Waals surface area contributed by atoms with Crippen molar-refractivity contribution >= 4 is 5.97 Å². The van der Waals surface area contributed by atoms with E-state index in [4.69, 9.17) is 9.47 Å². The van der Waals surface area contributed by atoms with Crippen LogP contribution in [-0.4, -0.2) is 12.3 Å². The molecule has 0 aromatic heterocycles. The maximum atomic E-state index is 10.4. The van der Waals surface area contributed by atoms with Crippen molar-refractivity contribution < 1.29 is 14.3 Å². The number of rotatable bonds is 3. The van der Waals surface area contributed by atoms with Crippen molar-refractivity contribution in [2.45, 2.75) is 19.3 Å². The van der Waals surface area contributed by atoms with Gasteiger partial charge in [0.25, 0.3) is 0 Å². The summed E-state index contributed by atoms with van der Waals surface area (Å²) < 4.78 is 9.99. The van der Waals surface area contributed by atoms with Gasteiger partial charge in [-0.2, -0.15) is 0 Å². The maximum absolute atomic E-state index is 10.4. The van der Waals surface area contributed by atoms with Crippen LogP contribution in [0.1, 0.15) is 12.0 Å². The molecule has 1 aromatic rings. The van der Waals surface area contributed by atoms with Crippen LogP contribution in [0.25, 0.3) is 0 Å². The Labute approximate surface area is 76.3 Å². The molecule has 0 saturated carbocycles. The summed E-state index contributed by atoms with van der Waals surface area (Å²) in [7, 11) is 0. The highest BCUT2D eigenvalue weighted by Gasteiger charge is 2.28. The first-order valence-corrected chi connectivity index (χ1v) is 4.19. The van der Waals surface area contributed by atoms with Gasteiger partial charge in [0, 0.05) is 0 Å². The van der Waals surface area contributed by atoms with Crippen LogP contribution >= 0.6 is 0 Å². The number of hydrogen-bond donors (Lipinski definition) is 0. The molecule has 68 valence electrons. The Morgan fingerprint density at radius 2 is 2.08 bits per heavy atom. The fourth-order valence-corrected chi connectivity index (χ4v) is 1.13. The van der Waals surface area contributed by atoms with Gasteiger partial charge in [0.2, 0.25) is 6.29 Å². The monoisotopic (exact) mass is 178 g/mol. The van der Waals surface area contributed by atoms with Crippen molar-refractivity contribution in [3.8, 4) is 0 Å². The zero-order chi connectivity index (χ0) is 9.10. The summed E-state index contributed by atoms with van der Waals surface area (Å²) >= 11 is 0. The van der Waals surface area contributed by atoms with E-state index in [0.29, 0.717) is 13.0 Å². The van der Waals surface area contributed by atoms with Gasteiger partial charge >= 0.3 is 5.97 Å². The molecule has 0 unspecified atom stereocenters. The Balaban J connectivity index is 1.77. The molecule has 0 amide bonds. The minimum Gasteiger partial charge on any atom is -0.435 e. The van der Waals surface area contributed by atoms with Crippen molar-refractivity contribution in [3.05, 3.63) is 35.9 Å². The Hall–Kier alpha value is -1.35. The van der Waals surface area contributed by atoms with Crippen LogP contribution < -0.4 is 0 Å². The number of carbonyl (C=O) groups is 1. The van der Waals surface area contributed by atoms with Crippen LogP contribution in [0.3, 0.4) is 0 Å². The first-order valence-electron chi connectivity index (χ1n) is 4.19. The zero-order valence-electron chi connectivity index (χ0n) is 7.10.